The van der Waals surface area contributed by atoms with Crippen molar-refractivity contribution in [1.82, 2.24) is 0 Å². The van der Waals surface area contributed by atoms with E-state index in [1.807, 2.05) is 0 Å². The highest BCUT2D eigenvalue weighted by molar-refractivity contribution is 5.88. The second-order valence-corrected chi connectivity index (χ2v) is 8.54. The van der Waals surface area contributed by atoms with Crippen molar-refractivity contribution in [3.63, 3.8) is 0 Å². The van der Waals surface area contributed by atoms with E-state index in [4.69, 9.17) is 9.47 Å². The Balaban J connectivity index is 1.77. The molecule has 12 heteroatoms. The quantitative estimate of drug-likeness (QED) is 0.129. The molecule has 2 aromatic carbocycles. The molecule has 1 fully saturated rings. The number of ether oxygens (including phenoxy) is 3. The molecule has 202 valence electrons. The van der Waals surface area contributed by atoms with Crippen LogP contribution >= 0.6 is 0 Å². The topological polar surface area (TPSA) is 200 Å². The maximum atomic E-state index is 12.5. The fourth-order valence-corrected chi connectivity index (χ4v) is 3.84. The first-order valence-corrected chi connectivity index (χ1v) is 11.2. The molecule has 1 aliphatic carbocycles. The van der Waals surface area contributed by atoms with Gasteiger partial charge >= 0.3 is 17.9 Å². The average molecular weight is 530 g/mol. The van der Waals surface area contributed by atoms with Crippen molar-refractivity contribution in [1.29, 1.82) is 0 Å². The van der Waals surface area contributed by atoms with Gasteiger partial charge in [-0.25, -0.2) is 14.4 Å². The number of phenolic OH excluding ortho intramolecular Hbond substituents is 4. The predicted octanol–water partition coefficient (Wildman–Crippen LogP) is 1.12. The van der Waals surface area contributed by atoms with Gasteiger partial charge in [0.25, 0.3) is 0 Å². The van der Waals surface area contributed by atoms with Crippen LogP contribution in [0.3, 0.4) is 0 Å². The highest BCUT2D eigenvalue weighted by Crippen LogP contribution is 2.34. The standard InChI is InChI=1S/C26H26O12/c1-36-25(34)26(35)12-20(31)24(38-23(33)9-5-15-3-7-17(28)19(30)11-15)21(13-26)37-22(32)8-4-14-2-6-16(27)18(29)10-14/h2-11,20-21,24,27-31,35H,12-13H2,1H3/b8-4+,9-5+/t20-,21-,24-,26+/m0/s1. The largest absolute Gasteiger partial charge is 0.504 e. The van der Waals surface area contributed by atoms with Crippen LogP contribution < -0.4 is 0 Å². The van der Waals surface area contributed by atoms with Crippen LogP contribution in [0.4, 0.5) is 0 Å². The first kappa shape index (κ1) is 28.0. The van der Waals surface area contributed by atoms with E-state index in [1.165, 1.54) is 48.6 Å². The third-order valence-electron chi connectivity index (χ3n) is 5.74. The molecular weight excluding hydrogens is 504 g/mol. The lowest BCUT2D eigenvalue weighted by atomic mass is 9.79. The third kappa shape index (κ3) is 6.81. The Hall–Kier alpha value is -4.55. The number of benzene rings is 2. The summed E-state index contributed by atoms with van der Waals surface area (Å²) in [4.78, 5) is 37.1. The fraction of sp³-hybridized carbons (Fsp3) is 0.269. The van der Waals surface area contributed by atoms with Gasteiger partial charge in [-0.2, -0.15) is 0 Å². The van der Waals surface area contributed by atoms with Gasteiger partial charge in [-0.3, -0.25) is 0 Å². The second-order valence-electron chi connectivity index (χ2n) is 8.54. The summed E-state index contributed by atoms with van der Waals surface area (Å²) in [5, 5.41) is 59.2. The number of carbonyl (C=O) groups is 3. The van der Waals surface area contributed by atoms with Crippen LogP contribution in [0.15, 0.2) is 48.6 Å². The highest BCUT2D eigenvalue weighted by atomic mass is 16.6. The van der Waals surface area contributed by atoms with Gasteiger partial charge in [0.2, 0.25) is 0 Å². The summed E-state index contributed by atoms with van der Waals surface area (Å²) in [5.41, 5.74) is -1.55. The van der Waals surface area contributed by atoms with Crippen LogP contribution in [-0.2, 0) is 28.6 Å². The van der Waals surface area contributed by atoms with E-state index in [1.54, 1.807) is 0 Å². The summed E-state index contributed by atoms with van der Waals surface area (Å²) in [5.74, 6) is -4.57. The lowest BCUT2D eigenvalue weighted by molar-refractivity contribution is -0.206. The number of hydrogen-bond acceptors (Lipinski definition) is 12. The maximum Gasteiger partial charge on any atom is 0.338 e. The molecule has 0 heterocycles. The second kappa shape index (κ2) is 11.7. The van der Waals surface area contributed by atoms with Crippen molar-refractivity contribution in [3.05, 3.63) is 59.7 Å². The van der Waals surface area contributed by atoms with Crippen LogP contribution in [0.1, 0.15) is 24.0 Å². The Labute approximate surface area is 216 Å². The molecule has 0 amide bonds. The Morgan fingerprint density at radius 3 is 1.79 bits per heavy atom. The van der Waals surface area contributed by atoms with Crippen molar-refractivity contribution >= 4 is 30.1 Å². The molecule has 1 saturated carbocycles. The zero-order valence-corrected chi connectivity index (χ0v) is 20.1. The SMILES string of the molecule is COC(=O)[C@]1(O)C[C@H](OC(=O)/C=C/c2ccc(O)c(O)c2)[C@@H](OC(=O)/C=C/c2ccc(O)c(O)c2)[C@@H](O)C1. The number of esters is 3. The molecule has 0 spiro atoms. The molecule has 0 bridgehead atoms. The van der Waals surface area contributed by atoms with Crippen molar-refractivity contribution in [2.24, 2.45) is 0 Å². The average Bonchev–Trinajstić information content (AvgIpc) is 2.87. The summed E-state index contributed by atoms with van der Waals surface area (Å²) in [6.07, 6.45) is -1.24. The number of aliphatic hydroxyl groups excluding tert-OH is 1. The summed E-state index contributed by atoms with van der Waals surface area (Å²) in [6.45, 7) is 0. The van der Waals surface area contributed by atoms with Gasteiger partial charge in [0.05, 0.1) is 13.2 Å². The molecule has 1 aliphatic rings. The molecule has 0 aromatic heterocycles. The minimum atomic E-state index is -2.23. The zero-order chi connectivity index (χ0) is 28.0. The number of rotatable bonds is 7. The maximum absolute atomic E-state index is 12.5. The molecule has 38 heavy (non-hydrogen) atoms. The summed E-state index contributed by atoms with van der Waals surface area (Å²) in [6, 6.07) is 7.61. The third-order valence-corrected chi connectivity index (χ3v) is 5.74. The minimum absolute atomic E-state index is 0.334. The van der Waals surface area contributed by atoms with Crippen LogP contribution in [0.2, 0.25) is 0 Å². The highest BCUT2D eigenvalue weighted by Gasteiger charge is 2.52. The fourth-order valence-electron chi connectivity index (χ4n) is 3.84. The number of carbonyl (C=O) groups excluding carboxylic acids is 3. The molecule has 0 saturated heterocycles. The molecule has 3 rings (SSSR count). The summed E-state index contributed by atoms with van der Waals surface area (Å²) in [7, 11) is 1.03. The Morgan fingerprint density at radius 2 is 1.32 bits per heavy atom. The predicted molar refractivity (Wildman–Crippen MR) is 130 cm³/mol. The number of phenols is 4. The van der Waals surface area contributed by atoms with Gasteiger partial charge in [0.15, 0.2) is 34.7 Å². The number of hydrogen-bond donors (Lipinski definition) is 6. The van der Waals surface area contributed by atoms with Gasteiger partial charge in [0, 0.05) is 25.0 Å². The van der Waals surface area contributed by atoms with E-state index in [0.717, 1.165) is 19.3 Å². The van der Waals surface area contributed by atoms with Crippen LogP contribution in [0.5, 0.6) is 23.0 Å². The van der Waals surface area contributed by atoms with E-state index in [9.17, 15) is 45.0 Å². The zero-order valence-electron chi connectivity index (χ0n) is 20.1. The van der Waals surface area contributed by atoms with Crippen molar-refractivity contribution in [3.8, 4) is 23.0 Å². The van der Waals surface area contributed by atoms with Crippen LogP contribution in [0.25, 0.3) is 12.2 Å². The molecule has 0 unspecified atom stereocenters. The minimum Gasteiger partial charge on any atom is -0.504 e. The molecule has 0 radical (unpaired) electrons. The Morgan fingerprint density at radius 1 is 0.816 bits per heavy atom. The van der Waals surface area contributed by atoms with Crippen LogP contribution in [0, 0.1) is 0 Å². The number of aliphatic hydroxyl groups is 2. The molecule has 2 aromatic rings. The summed E-state index contributed by atoms with van der Waals surface area (Å²) >= 11 is 0. The van der Waals surface area contributed by atoms with E-state index in [0.29, 0.717) is 11.1 Å². The molecule has 0 aliphatic heterocycles. The first-order chi connectivity index (χ1) is 17.9. The Bertz CT molecular complexity index is 1270. The van der Waals surface area contributed by atoms with E-state index >= 15 is 0 Å². The van der Waals surface area contributed by atoms with E-state index < -0.39 is 66.2 Å². The van der Waals surface area contributed by atoms with Gasteiger partial charge in [-0.1, -0.05) is 12.1 Å². The van der Waals surface area contributed by atoms with Gasteiger partial charge < -0.3 is 44.8 Å². The van der Waals surface area contributed by atoms with Gasteiger partial charge in [-0.05, 0) is 47.5 Å². The van der Waals surface area contributed by atoms with Gasteiger partial charge in [-0.15, -0.1) is 0 Å². The molecular formula is C26H26O12. The smallest absolute Gasteiger partial charge is 0.338 e. The van der Waals surface area contributed by atoms with E-state index in [2.05, 4.69) is 4.74 Å². The molecule has 4 atom stereocenters. The monoisotopic (exact) mass is 530 g/mol. The normalized spacial score (nSPS) is 23.3. The summed E-state index contributed by atoms with van der Waals surface area (Å²) < 4.78 is 15.2. The number of methoxy groups -OCH3 is 1. The van der Waals surface area contributed by atoms with E-state index in [-0.39, 0.29) is 11.5 Å². The molecule has 12 nitrogen and oxygen atoms in total. The lowest BCUT2D eigenvalue weighted by Crippen LogP contribution is -2.58. The lowest BCUT2D eigenvalue weighted by Gasteiger charge is -2.41. The van der Waals surface area contributed by atoms with Crippen molar-refractivity contribution < 1.29 is 59.2 Å². The van der Waals surface area contributed by atoms with Crippen LogP contribution in [-0.4, -0.2) is 79.6 Å². The van der Waals surface area contributed by atoms with Crippen molar-refractivity contribution in [2.75, 3.05) is 7.11 Å². The Kier molecular flexibility index (Phi) is 8.61. The molecule has 6 N–H and O–H groups in total. The number of aromatic hydroxyl groups is 4. The van der Waals surface area contributed by atoms with Gasteiger partial charge in [0.1, 0.15) is 6.10 Å². The van der Waals surface area contributed by atoms with Crippen molar-refractivity contribution in [2.45, 2.75) is 36.8 Å². The first-order valence-electron chi connectivity index (χ1n) is 11.2.